The van der Waals surface area contributed by atoms with Crippen molar-refractivity contribution in [2.24, 2.45) is 0 Å². The third kappa shape index (κ3) is 5.39. The van der Waals surface area contributed by atoms with Gasteiger partial charge in [0.05, 0.1) is 38.0 Å². The smallest absolute Gasteiger partial charge is 0.235 e. The van der Waals surface area contributed by atoms with Crippen LogP contribution in [0.4, 0.5) is 0 Å². The molecule has 0 unspecified atom stereocenters. The van der Waals surface area contributed by atoms with E-state index >= 15 is 0 Å². The molecule has 1 aliphatic rings. The Morgan fingerprint density at radius 2 is 1.06 bits per heavy atom. The van der Waals surface area contributed by atoms with Crippen LogP contribution in [0, 0.1) is 0 Å². The van der Waals surface area contributed by atoms with Crippen molar-refractivity contribution in [2.75, 3.05) is 0 Å². The van der Waals surface area contributed by atoms with Crippen molar-refractivity contribution in [1.29, 1.82) is 0 Å². The Bertz CT molecular complexity index is 3830. The molecule has 12 aromatic rings. The lowest BCUT2D eigenvalue weighted by Gasteiger charge is -2.42. The predicted octanol–water partition coefficient (Wildman–Crippen LogP) is 15.9. The number of aromatic nitrogens is 4. The SMILES string of the molecule is CC1(C)CCC(C)(C)c2cc3c(cc21)c1cc2c4c5ccccc5ccc4n(-c4nc(-c5ccc(-c6ccccc6)cc5)c5sc6ccccc6c5n4)c2cc1n3-c1ccccc1. The first-order valence-electron chi connectivity index (χ1n) is 22.1. The summed E-state index contributed by atoms with van der Waals surface area (Å²) in [5, 5.41) is 8.57. The summed E-state index contributed by atoms with van der Waals surface area (Å²) in [6, 6.07) is 62.3. The molecule has 0 bridgehead atoms. The summed E-state index contributed by atoms with van der Waals surface area (Å²) in [5.74, 6) is 0.671. The zero-order chi connectivity index (χ0) is 42.2. The van der Waals surface area contributed by atoms with Gasteiger partial charge in [0.2, 0.25) is 5.95 Å². The first-order valence-corrected chi connectivity index (χ1v) is 22.9. The van der Waals surface area contributed by atoms with E-state index in [4.69, 9.17) is 9.97 Å². The van der Waals surface area contributed by atoms with E-state index in [0.29, 0.717) is 5.95 Å². The number of rotatable bonds is 4. The number of para-hydroxylation sites is 1. The highest BCUT2D eigenvalue weighted by molar-refractivity contribution is 7.26. The maximum absolute atomic E-state index is 5.63. The maximum atomic E-state index is 5.63. The number of hydrogen-bond acceptors (Lipinski definition) is 3. The average molecular weight is 829 g/mol. The van der Waals surface area contributed by atoms with E-state index in [1.54, 1.807) is 11.3 Å². The van der Waals surface area contributed by atoms with Crippen LogP contribution >= 0.6 is 11.3 Å². The van der Waals surface area contributed by atoms with E-state index in [9.17, 15) is 0 Å². The first kappa shape index (κ1) is 36.6. The van der Waals surface area contributed by atoms with Crippen LogP contribution < -0.4 is 0 Å². The molecule has 0 spiro atoms. The Kier molecular flexibility index (Phi) is 7.67. The standard InChI is InChI=1S/C58H44N4S/c1-57(2)29-30-58(3,4)46-33-48-43(32-45(46)57)42-31-44-50(34-49(42)61(48)39-18-9-6-10-19-39)62(47-28-27-37-17-11-12-20-40(37)52(44)47)56-59-53(55-54(60-56)41-21-13-14-22-51(41)63-55)38-25-23-36(24-26-38)35-15-7-5-8-16-35/h5-28,31-34H,29-30H2,1-4H3. The molecule has 4 heterocycles. The van der Waals surface area contributed by atoms with Crippen molar-refractivity contribution >= 4 is 86.0 Å². The fraction of sp³-hybridized carbons (Fsp3) is 0.138. The van der Waals surface area contributed by atoms with E-state index < -0.39 is 0 Å². The van der Waals surface area contributed by atoms with E-state index in [-0.39, 0.29) is 10.8 Å². The predicted molar refractivity (Wildman–Crippen MR) is 267 cm³/mol. The lowest BCUT2D eigenvalue weighted by Crippen LogP contribution is -2.33. The first-order chi connectivity index (χ1) is 30.7. The van der Waals surface area contributed by atoms with Crippen molar-refractivity contribution in [1.82, 2.24) is 19.1 Å². The summed E-state index contributed by atoms with van der Waals surface area (Å²) in [6.07, 6.45) is 2.34. The Hall–Kier alpha value is -7.08. The van der Waals surface area contributed by atoms with Gasteiger partial charge in [0.15, 0.2) is 0 Å². The minimum atomic E-state index is 0.0782. The van der Waals surface area contributed by atoms with E-state index in [1.807, 2.05) is 0 Å². The number of thiophene rings is 1. The third-order valence-electron chi connectivity index (χ3n) is 14.2. The molecule has 0 saturated heterocycles. The van der Waals surface area contributed by atoms with Crippen molar-refractivity contribution in [2.45, 2.75) is 51.4 Å². The van der Waals surface area contributed by atoms with Gasteiger partial charge in [0, 0.05) is 42.9 Å². The molecule has 1 aliphatic carbocycles. The average Bonchev–Trinajstić information content (AvgIpc) is 3.97. The monoisotopic (exact) mass is 828 g/mol. The lowest BCUT2D eigenvalue weighted by molar-refractivity contribution is 0.332. The maximum Gasteiger partial charge on any atom is 0.235 e. The quantitative estimate of drug-likeness (QED) is 0.177. The molecule has 0 radical (unpaired) electrons. The molecule has 0 amide bonds. The minimum absolute atomic E-state index is 0.0782. The summed E-state index contributed by atoms with van der Waals surface area (Å²) in [6.45, 7) is 9.72. The molecule has 63 heavy (non-hydrogen) atoms. The summed E-state index contributed by atoms with van der Waals surface area (Å²) in [5.41, 5.74) is 14.2. The molecule has 4 aromatic heterocycles. The van der Waals surface area contributed by atoms with Crippen molar-refractivity contribution in [3.05, 3.63) is 181 Å². The van der Waals surface area contributed by atoms with Gasteiger partial charge in [-0.2, -0.15) is 0 Å². The highest BCUT2D eigenvalue weighted by Gasteiger charge is 2.38. The summed E-state index contributed by atoms with van der Waals surface area (Å²) in [4.78, 5) is 11.2. The Labute approximate surface area is 369 Å². The van der Waals surface area contributed by atoms with Gasteiger partial charge in [0.1, 0.15) is 0 Å². The van der Waals surface area contributed by atoms with Crippen LogP contribution in [0.5, 0.6) is 0 Å². The number of benzene rings is 8. The van der Waals surface area contributed by atoms with Crippen molar-refractivity contribution in [3.8, 4) is 34.0 Å². The molecule has 0 N–H and O–H groups in total. The summed E-state index contributed by atoms with van der Waals surface area (Å²) < 4.78 is 7.14. The van der Waals surface area contributed by atoms with Gasteiger partial charge >= 0.3 is 0 Å². The van der Waals surface area contributed by atoms with Crippen molar-refractivity contribution < 1.29 is 0 Å². The highest BCUT2D eigenvalue weighted by atomic mass is 32.1. The van der Waals surface area contributed by atoms with Gasteiger partial charge in [-0.1, -0.05) is 149 Å². The van der Waals surface area contributed by atoms with Crippen LogP contribution in [0.1, 0.15) is 51.7 Å². The van der Waals surface area contributed by atoms with Gasteiger partial charge in [0.25, 0.3) is 0 Å². The lowest BCUT2D eigenvalue weighted by atomic mass is 9.63. The number of fused-ring (bicyclic) bond motifs is 12. The normalized spacial score (nSPS) is 14.8. The zero-order valence-corrected chi connectivity index (χ0v) is 36.6. The minimum Gasteiger partial charge on any atom is -0.309 e. The van der Waals surface area contributed by atoms with Gasteiger partial charge in [-0.15, -0.1) is 11.3 Å². The molecule has 0 fully saturated rings. The van der Waals surface area contributed by atoms with E-state index in [2.05, 4.69) is 207 Å². The van der Waals surface area contributed by atoms with Crippen LogP contribution in [0.2, 0.25) is 0 Å². The second-order valence-electron chi connectivity index (χ2n) is 18.8. The highest BCUT2D eigenvalue weighted by Crippen LogP contribution is 2.50. The van der Waals surface area contributed by atoms with Crippen LogP contribution in [0.25, 0.3) is 109 Å². The molecule has 8 aromatic carbocycles. The fourth-order valence-corrected chi connectivity index (χ4v) is 11.9. The molecular formula is C58H44N4S. The largest absolute Gasteiger partial charge is 0.309 e. The van der Waals surface area contributed by atoms with Crippen LogP contribution in [0.15, 0.2) is 170 Å². The molecule has 13 rings (SSSR count). The molecule has 0 atom stereocenters. The molecule has 5 heteroatoms. The van der Waals surface area contributed by atoms with E-state index in [0.717, 1.165) is 43.6 Å². The fourth-order valence-electron chi connectivity index (χ4n) is 10.8. The van der Waals surface area contributed by atoms with Crippen LogP contribution in [0.3, 0.4) is 0 Å². The van der Waals surface area contributed by atoms with Gasteiger partial charge in [-0.25, -0.2) is 9.97 Å². The van der Waals surface area contributed by atoms with Gasteiger partial charge < -0.3 is 4.57 Å². The molecule has 0 aliphatic heterocycles. The Morgan fingerprint density at radius 1 is 0.460 bits per heavy atom. The molecule has 0 saturated carbocycles. The summed E-state index contributed by atoms with van der Waals surface area (Å²) in [7, 11) is 0. The van der Waals surface area contributed by atoms with Crippen LogP contribution in [-0.2, 0) is 10.8 Å². The third-order valence-corrected chi connectivity index (χ3v) is 15.4. The second kappa shape index (κ2) is 13.2. The Balaban J connectivity index is 1.16. The van der Waals surface area contributed by atoms with Crippen LogP contribution in [-0.4, -0.2) is 19.1 Å². The zero-order valence-electron chi connectivity index (χ0n) is 35.8. The molecular weight excluding hydrogens is 785 g/mol. The molecule has 4 nitrogen and oxygen atoms in total. The van der Waals surface area contributed by atoms with E-state index in [1.165, 1.54) is 83.1 Å². The number of nitrogens with zero attached hydrogens (tertiary/aromatic N) is 4. The second-order valence-corrected chi connectivity index (χ2v) is 19.9. The summed E-state index contributed by atoms with van der Waals surface area (Å²) >= 11 is 1.77. The van der Waals surface area contributed by atoms with Gasteiger partial charge in [-0.3, -0.25) is 4.57 Å². The van der Waals surface area contributed by atoms with Crippen molar-refractivity contribution in [3.63, 3.8) is 0 Å². The Morgan fingerprint density at radius 3 is 1.84 bits per heavy atom. The number of hydrogen-bond donors (Lipinski definition) is 0. The van der Waals surface area contributed by atoms with Gasteiger partial charge in [-0.05, 0) is 105 Å². The topological polar surface area (TPSA) is 35.6 Å². The molecule has 302 valence electrons.